The zero-order chi connectivity index (χ0) is 20.2. The second-order valence-corrected chi connectivity index (χ2v) is 6.29. The minimum atomic E-state index is -1.03. The fourth-order valence-electron chi connectivity index (χ4n) is 2.69. The maximum absolute atomic E-state index is 12.4. The van der Waals surface area contributed by atoms with E-state index in [9.17, 15) is 14.4 Å². The highest BCUT2D eigenvalue weighted by molar-refractivity contribution is 5.86. The van der Waals surface area contributed by atoms with E-state index in [4.69, 9.17) is 9.84 Å². The lowest BCUT2D eigenvalue weighted by Crippen LogP contribution is -2.47. The first-order chi connectivity index (χ1) is 12.8. The second kappa shape index (κ2) is 11.8. The Bertz CT molecular complexity index is 648. The van der Waals surface area contributed by atoms with Crippen molar-refractivity contribution in [2.24, 2.45) is 10.9 Å². The fourth-order valence-corrected chi connectivity index (χ4v) is 2.69. The van der Waals surface area contributed by atoms with Crippen LogP contribution in [0.2, 0.25) is 0 Å². The van der Waals surface area contributed by atoms with Crippen LogP contribution in [0.4, 0.5) is 0 Å². The number of rotatable bonds is 11. The number of hydrogen-bond donors (Lipinski definition) is 2. The normalized spacial score (nSPS) is 13.3. The average Bonchev–Trinajstić information content (AvgIpc) is 2.60. The Morgan fingerprint density at radius 3 is 2.48 bits per heavy atom. The van der Waals surface area contributed by atoms with Gasteiger partial charge in [0.05, 0.1) is 20.2 Å². The van der Waals surface area contributed by atoms with E-state index in [0.717, 1.165) is 5.56 Å². The number of nitrogens with one attached hydrogen (secondary N) is 1. The Morgan fingerprint density at radius 1 is 1.26 bits per heavy atom. The summed E-state index contributed by atoms with van der Waals surface area (Å²) >= 11 is 0. The molecule has 2 N–H and O–H groups in total. The minimum absolute atomic E-state index is 0.0289. The number of methoxy groups -OCH3 is 1. The highest BCUT2D eigenvalue weighted by Gasteiger charge is 2.24. The average molecular weight is 377 g/mol. The van der Waals surface area contributed by atoms with Crippen LogP contribution in [0, 0.1) is 5.92 Å². The highest BCUT2D eigenvalue weighted by Crippen LogP contribution is 2.07. The van der Waals surface area contributed by atoms with Crippen LogP contribution in [-0.4, -0.2) is 67.4 Å². The number of carbonyl (C=O) groups excluding carboxylic acids is 2. The van der Waals surface area contributed by atoms with Gasteiger partial charge >= 0.3 is 11.9 Å². The standard InChI is InChI=1S/C19H27N3O5/c1-14(10-20-2)9-16(19(26)27-3)21-17(23)12-22(13-18(24)25)11-15-7-5-4-6-8-15/h4-8,10,14,16H,9,11-13H2,1-3H3,(H,21,23)(H,24,25). The molecule has 0 aromatic heterocycles. The summed E-state index contributed by atoms with van der Waals surface area (Å²) in [6.45, 7) is 1.75. The maximum Gasteiger partial charge on any atom is 0.328 e. The predicted molar refractivity (Wildman–Crippen MR) is 101 cm³/mol. The van der Waals surface area contributed by atoms with Gasteiger partial charge in [-0.05, 0) is 17.9 Å². The van der Waals surface area contributed by atoms with Gasteiger partial charge in [-0.25, -0.2) is 4.79 Å². The van der Waals surface area contributed by atoms with Gasteiger partial charge in [0, 0.05) is 19.8 Å². The lowest BCUT2D eigenvalue weighted by atomic mass is 10.0. The number of hydrogen-bond acceptors (Lipinski definition) is 6. The van der Waals surface area contributed by atoms with Gasteiger partial charge in [0.1, 0.15) is 6.04 Å². The largest absolute Gasteiger partial charge is 0.480 e. The Morgan fingerprint density at radius 2 is 1.93 bits per heavy atom. The summed E-state index contributed by atoms with van der Waals surface area (Å²) in [7, 11) is 2.89. The molecule has 8 nitrogen and oxygen atoms in total. The van der Waals surface area contributed by atoms with Crippen molar-refractivity contribution in [3.05, 3.63) is 35.9 Å². The minimum Gasteiger partial charge on any atom is -0.480 e. The molecule has 0 aliphatic carbocycles. The van der Waals surface area contributed by atoms with E-state index >= 15 is 0 Å². The molecule has 8 heteroatoms. The monoisotopic (exact) mass is 377 g/mol. The lowest BCUT2D eigenvalue weighted by molar-refractivity contribution is -0.146. The molecule has 27 heavy (non-hydrogen) atoms. The summed E-state index contributed by atoms with van der Waals surface area (Å²) in [6, 6.07) is 8.45. The maximum atomic E-state index is 12.4. The molecule has 0 bridgehead atoms. The van der Waals surface area contributed by atoms with E-state index < -0.39 is 23.9 Å². The van der Waals surface area contributed by atoms with Gasteiger partial charge in [0.15, 0.2) is 0 Å². The van der Waals surface area contributed by atoms with Crippen LogP contribution >= 0.6 is 0 Å². The third-order valence-corrected chi connectivity index (χ3v) is 3.81. The molecule has 1 amide bonds. The molecular weight excluding hydrogens is 350 g/mol. The van der Waals surface area contributed by atoms with Crippen molar-refractivity contribution < 1.29 is 24.2 Å². The number of nitrogens with zero attached hydrogens (tertiary/aromatic N) is 2. The molecule has 0 aliphatic heterocycles. The van der Waals surface area contributed by atoms with Gasteiger partial charge in [-0.3, -0.25) is 14.5 Å². The molecule has 0 radical (unpaired) electrons. The van der Waals surface area contributed by atoms with Gasteiger partial charge in [-0.1, -0.05) is 37.3 Å². The third-order valence-electron chi connectivity index (χ3n) is 3.81. The van der Waals surface area contributed by atoms with Crippen LogP contribution < -0.4 is 5.32 Å². The lowest BCUT2D eigenvalue weighted by Gasteiger charge is -2.23. The van der Waals surface area contributed by atoms with Gasteiger partial charge < -0.3 is 20.2 Å². The van der Waals surface area contributed by atoms with Gasteiger partial charge in [0.25, 0.3) is 0 Å². The SMILES string of the molecule is CN=CC(C)CC(NC(=O)CN(CC(=O)O)Cc1ccccc1)C(=O)OC. The Labute approximate surface area is 159 Å². The topological polar surface area (TPSA) is 108 Å². The van der Waals surface area contributed by atoms with Crippen molar-refractivity contribution >= 4 is 24.1 Å². The van der Waals surface area contributed by atoms with Crippen molar-refractivity contribution in [1.29, 1.82) is 0 Å². The van der Waals surface area contributed by atoms with Crippen LogP contribution in [0.5, 0.6) is 0 Å². The number of benzene rings is 1. The molecule has 0 spiro atoms. The number of carbonyl (C=O) groups is 3. The van der Waals surface area contributed by atoms with E-state index in [1.54, 1.807) is 13.3 Å². The van der Waals surface area contributed by atoms with Crippen molar-refractivity contribution in [3.8, 4) is 0 Å². The molecule has 2 atom stereocenters. The third kappa shape index (κ3) is 8.96. The van der Waals surface area contributed by atoms with Crippen molar-refractivity contribution in [3.63, 3.8) is 0 Å². The van der Waals surface area contributed by atoms with Crippen molar-refractivity contribution in [2.45, 2.75) is 25.9 Å². The van der Waals surface area contributed by atoms with Crippen molar-refractivity contribution in [2.75, 3.05) is 27.2 Å². The summed E-state index contributed by atoms with van der Waals surface area (Å²) in [5.41, 5.74) is 0.892. The molecule has 2 unspecified atom stereocenters. The molecule has 0 aliphatic rings. The molecule has 0 saturated carbocycles. The van der Waals surface area contributed by atoms with Crippen LogP contribution in [0.25, 0.3) is 0 Å². The van der Waals surface area contributed by atoms with Gasteiger partial charge in [-0.15, -0.1) is 0 Å². The van der Waals surface area contributed by atoms with Crippen LogP contribution in [0.15, 0.2) is 35.3 Å². The molecule has 0 saturated heterocycles. The molecule has 0 heterocycles. The first-order valence-corrected chi connectivity index (χ1v) is 8.63. The molecule has 1 aromatic rings. The van der Waals surface area contributed by atoms with E-state index in [-0.39, 0.29) is 19.0 Å². The van der Waals surface area contributed by atoms with E-state index in [1.165, 1.54) is 12.0 Å². The highest BCUT2D eigenvalue weighted by atomic mass is 16.5. The van der Waals surface area contributed by atoms with Gasteiger partial charge in [-0.2, -0.15) is 0 Å². The second-order valence-electron chi connectivity index (χ2n) is 6.29. The Balaban J connectivity index is 2.76. The number of aliphatic carboxylic acids is 1. The molecular formula is C19H27N3O5. The molecule has 1 aromatic carbocycles. The number of ether oxygens (including phenoxy) is 1. The van der Waals surface area contributed by atoms with E-state index in [0.29, 0.717) is 13.0 Å². The zero-order valence-corrected chi connectivity index (χ0v) is 15.9. The Kier molecular flexibility index (Phi) is 9.74. The van der Waals surface area contributed by atoms with E-state index in [1.807, 2.05) is 37.3 Å². The van der Waals surface area contributed by atoms with E-state index in [2.05, 4.69) is 10.3 Å². The number of carboxylic acid groups (broad SMARTS) is 1. The van der Waals surface area contributed by atoms with Crippen LogP contribution in [-0.2, 0) is 25.7 Å². The number of amides is 1. The summed E-state index contributed by atoms with van der Waals surface area (Å²) in [4.78, 5) is 40.9. The summed E-state index contributed by atoms with van der Waals surface area (Å²) in [6.07, 6.45) is 2.03. The first kappa shape index (κ1) is 22.3. The Hall–Kier alpha value is -2.74. The van der Waals surface area contributed by atoms with Gasteiger partial charge in [0.2, 0.25) is 5.91 Å². The fraction of sp³-hybridized carbons (Fsp3) is 0.474. The molecule has 0 fully saturated rings. The summed E-state index contributed by atoms with van der Waals surface area (Å²) in [5.74, 6) is -2.05. The van der Waals surface area contributed by atoms with Crippen molar-refractivity contribution in [1.82, 2.24) is 10.2 Å². The quantitative estimate of drug-likeness (QED) is 0.439. The van der Waals surface area contributed by atoms with Crippen LogP contribution in [0.3, 0.4) is 0 Å². The number of carboxylic acids is 1. The zero-order valence-electron chi connectivity index (χ0n) is 15.9. The number of esters is 1. The van der Waals surface area contributed by atoms with Crippen LogP contribution in [0.1, 0.15) is 18.9 Å². The smallest absolute Gasteiger partial charge is 0.328 e. The molecule has 1 rings (SSSR count). The first-order valence-electron chi connectivity index (χ1n) is 8.63. The molecule has 148 valence electrons. The predicted octanol–water partition coefficient (Wildman–Crippen LogP) is 0.958. The number of aliphatic imine (C=N–C) groups is 1. The summed E-state index contributed by atoms with van der Waals surface area (Å²) < 4.78 is 4.75. The summed E-state index contributed by atoms with van der Waals surface area (Å²) in [5, 5.41) is 11.7.